The Morgan fingerprint density at radius 2 is 1.56 bits per heavy atom. The Balaban J connectivity index is 1.28. The first kappa shape index (κ1) is 29.2. The number of benzene rings is 2. The van der Waals surface area contributed by atoms with Gasteiger partial charge in [0.15, 0.2) is 5.69 Å². The van der Waals surface area contributed by atoms with E-state index in [4.69, 9.17) is 9.47 Å². The van der Waals surface area contributed by atoms with Gasteiger partial charge in [0.25, 0.3) is 0 Å². The molecule has 2 N–H and O–H groups in total. The van der Waals surface area contributed by atoms with Gasteiger partial charge < -0.3 is 24.8 Å². The number of hydrogen-bond acceptors (Lipinski definition) is 8. The van der Waals surface area contributed by atoms with Crippen LogP contribution in [0.25, 0.3) is 11.1 Å². The van der Waals surface area contributed by atoms with E-state index >= 15 is 0 Å². The first-order valence-electron chi connectivity index (χ1n) is 13.2. The Bertz CT molecular complexity index is 1390. The summed E-state index contributed by atoms with van der Waals surface area (Å²) in [5.41, 5.74) is 3.95. The average molecular weight is 561 g/mol. The van der Waals surface area contributed by atoms with Gasteiger partial charge in [-0.05, 0) is 55.2 Å². The number of nitrogens with zero attached hydrogens (tertiary/aromatic N) is 3. The topological polar surface area (TPSA) is 148 Å². The van der Waals surface area contributed by atoms with Crippen molar-refractivity contribution in [3.8, 4) is 11.1 Å². The third kappa shape index (κ3) is 7.65. The van der Waals surface area contributed by atoms with E-state index in [1.165, 1.54) is 12.1 Å². The minimum atomic E-state index is -1.20. The van der Waals surface area contributed by atoms with Crippen LogP contribution in [0.1, 0.15) is 54.0 Å². The zero-order valence-electron chi connectivity index (χ0n) is 23.1. The van der Waals surface area contributed by atoms with Crippen LogP contribution in [0.5, 0.6) is 0 Å². The van der Waals surface area contributed by atoms with E-state index in [9.17, 15) is 24.3 Å². The number of amides is 2. The number of nitrogens with one attached hydrogen (secondary N) is 1. The molecule has 11 heteroatoms. The number of hydrogen-bond donors (Lipinski definition) is 2. The molecular formula is C30H32N4O7. The Hall–Kier alpha value is -4.80. The number of rotatable bonds is 10. The Morgan fingerprint density at radius 3 is 2.12 bits per heavy atom. The van der Waals surface area contributed by atoms with Gasteiger partial charge in [0, 0.05) is 19.0 Å². The molecule has 0 aliphatic heterocycles. The minimum absolute atomic E-state index is 0.00851. The number of aliphatic carboxylic acids is 1. The molecule has 2 aromatic carbocycles. The molecule has 0 spiro atoms. The van der Waals surface area contributed by atoms with E-state index in [0.717, 1.165) is 27.2 Å². The van der Waals surface area contributed by atoms with Gasteiger partial charge in [0.1, 0.15) is 18.8 Å². The SMILES string of the molecule is CC(C)(C)OC(=O)c1ccc(CC(=O)N(CCNC(=O)OCC2c3ccccc3-c3ccccc32)CC(=O)O)nn1. The summed E-state index contributed by atoms with van der Waals surface area (Å²) in [6, 6.07) is 18.8. The maximum Gasteiger partial charge on any atom is 0.407 e. The van der Waals surface area contributed by atoms with Crippen molar-refractivity contribution in [2.45, 2.75) is 38.7 Å². The quantitative estimate of drug-likeness (QED) is 0.356. The van der Waals surface area contributed by atoms with Crippen molar-refractivity contribution >= 4 is 23.9 Å². The molecule has 3 aromatic rings. The molecule has 1 aromatic heterocycles. The third-order valence-corrected chi connectivity index (χ3v) is 6.33. The minimum Gasteiger partial charge on any atom is -0.480 e. The average Bonchev–Trinajstić information content (AvgIpc) is 3.24. The van der Waals surface area contributed by atoms with Crippen LogP contribution in [-0.2, 0) is 25.5 Å². The van der Waals surface area contributed by atoms with Crippen LogP contribution in [0.3, 0.4) is 0 Å². The van der Waals surface area contributed by atoms with Gasteiger partial charge >= 0.3 is 18.0 Å². The lowest BCUT2D eigenvalue weighted by Gasteiger charge is -2.21. The maximum absolute atomic E-state index is 12.8. The largest absolute Gasteiger partial charge is 0.480 e. The molecule has 2 amide bonds. The highest BCUT2D eigenvalue weighted by molar-refractivity contribution is 5.87. The second kappa shape index (κ2) is 12.6. The molecule has 0 fully saturated rings. The molecule has 4 rings (SSSR count). The molecule has 41 heavy (non-hydrogen) atoms. The molecule has 1 aliphatic carbocycles. The third-order valence-electron chi connectivity index (χ3n) is 6.33. The smallest absolute Gasteiger partial charge is 0.407 e. The number of carbonyl (C=O) groups is 4. The summed E-state index contributed by atoms with van der Waals surface area (Å²) in [6.45, 7) is 4.68. The molecule has 1 heterocycles. The molecule has 0 unspecified atom stereocenters. The van der Waals surface area contributed by atoms with Crippen molar-refractivity contribution in [3.63, 3.8) is 0 Å². The molecule has 0 saturated heterocycles. The standard InChI is InChI=1S/C30H32N4O7/c1-30(2,3)41-28(38)25-13-12-19(32-33-25)16-26(35)34(17-27(36)37)15-14-31-29(39)40-18-24-22-10-6-4-8-20(22)21-9-5-7-11-23(21)24/h4-13,24H,14-18H2,1-3H3,(H,31,39)(H,36,37). The first-order valence-corrected chi connectivity index (χ1v) is 13.2. The Kier molecular flexibility index (Phi) is 8.96. The number of alkyl carbamates (subject to hydrolysis) is 1. The van der Waals surface area contributed by atoms with Gasteiger partial charge in [0.2, 0.25) is 5.91 Å². The van der Waals surface area contributed by atoms with Gasteiger partial charge in [-0.3, -0.25) is 9.59 Å². The fraction of sp³-hybridized carbons (Fsp3) is 0.333. The highest BCUT2D eigenvalue weighted by Gasteiger charge is 2.29. The lowest BCUT2D eigenvalue weighted by molar-refractivity contribution is -0.144. The molecule has 0 bridgehead atoms. The lowest BCUT2D eigenvalue weighted by Crippen LogP contribution is -2.42. The molecular weight excluding hydrogens is 528 g/mol. The highest BCUT2D eigenvalue weighted by Crippen LogP contribution is 2.44. The second-order valence-corrected chi connectivity index (χ2v) is 10.5. The fourth-order valence-electron chi connectivity index (χ4n) is 4.56. The summed E-state index contributed by atoms with van der Waals surface area (Å²) in [5.74, 6) is -2.47. The van der Waals surface area contributed by atoms with Gasteiger partial charge in [-0.25, -0.2) is 9.59 Å². The summed E-state index contributed by atoms with van der Waals surface area (Å²) < 4.78 is 10.7. The van der Waals surface area contributed by atoms with Gasteiger partial charge in [-0.2, -0.15) is 5.10 Å². The van der Waals surface area contributed by atoms with Crippen molar-refractivity contribution in [2.24, 2.45) is 0 Å². The van der Waals surface area contributed by atoms with Crippen LogP contribution in [0, 0.1) is 0 Å². The Labute approximate surface area is 237 Å². The maximum atomic E-state index is 12.8. The predicted molar refractivity (Wildman–Crippen MR) is 148 cm³/mol. The van der Waals surface area contributed by atoms with E-state index in [-0.39, 0.29) is 43.4 Å². The summed E-state index contributed by atoms with van der Waals surface area (Å²) in [7, 11) is 0. The van der Waals surface area contributed by atoms with E-state index in [2.05, 4.69) is 15.5 Å². The van der Waals surface area contributed by atoms with Gasteiger partial charge in [0.05, 0.1) is 12.1 Å². The van der Waals surface area contributed by atoms with Crippen LogP contribution in [-0.4, -0.2) is 76.0 Å². The molecule has 1 aliphatic rings. The Morgan fingerprint density at radius 1 is 0.927 bits per heavy atom. The van der Waals surface area contributed by atoms with E-state index < -0.39 is 36.1 Å². The summed E-state index contributed by atoms with van der Waals surface area (Å²) in [4.78, 5) is 49.8. The number of ether oxygens (including phenoxy) is 2. The fourth-order valence-corrected chi connectivity index (χ4v) is 4.56. The molecule has 0 radical (unpaired) electrons. The van der Waals surface area contributed by atoms with Crippen molar-refractivity contribution in [3.05, 3.63) is 83.2 Å². The summed E-state index contributed by atoms with van der Waals surface area (Å²) in [5, 5.41) is 19.6. The first-order chi connectivity index (χ1) is 19.5. The highest BCUT2D eigenvalue weighted by atomic mass is 16.6. The zero-order chi connectivity index (χ0) is 29.6. The van der Waals surface area contributed by atoms with Crippen LogP contribution in [0.2, 0.25) is 0 Å². The number of esters is 1. The van der Waals surface area contributed by atoms with E-state index in [1.807, 2.05) is 48.5 Å². The number of carboxylic acid groups (broad SMARTS) is 1. The molecule has 0 atom stereocenters. The zero-order valence-corrected chi connectivity index (χ0v) is 23.1. The lowest BCUT2D eigenvalue weighted by atomic mass is 9.98. The number of fused-ring (bicyclic) bond motifs is 3. The van der Waals surface area contributed by atoms with Gasteiger partial charge in [-0.15, -0.1) is 5.10 Å². The van der Waals surface area contributed by atoms with Crippen LogP contribution in [0.15, 0.2) is 60.7 Å². The monoisotopic (exact) mass is 560 g/mol. The number of carboxylic acids is 1. The van der Waals surface area contributed by atoms with Crippen molar-refractivity contribution < 1.29 is 33.8 Å². The second-order valence-electron chi connectivity index (χ2n) is 10.5. The summed E-state index contributed by atoms with van der Waals surface area (Å²) >= 11 is 0. The van der Waals surface area contributed by atoms with Crippen LogP contribution >= 0.6 is 0 Å². The molecule has 0 saturated carbocycles. The van der Waals surface area contributed by atoms with Crippen LogP contribution < -0.4 is 5.32 Å². The predicted octanol–water partition coefficient (Wildman–Crippen LogP) is 3.43. The molecule has 214 valence electrons. The van der Waals surface area contributed by atoms with Crippen molar-refractivity contribution in [1.82, 2.24) is 20.4 Å². The number of carbonyl (C=O) groups excluding carboxylic acids is 3. The number of aromatic nitrogens is 2. The van der Waals surface area contributed by atoms with E-state index in [1.54, 1.807) is 20.8 Å². The summed E-state index contributed by atoms with van der Waals surface area (Å²) in [6.07, 6.45) is -0.905. The van der Waals surface area contributed by atoms with Crippen molar-refractivity contribution in [1.29, 1.82) is 0 Å². The van der Waals surface area contributed by atoms with E-state index in [0.29, 0.717) is 0 Å². The van der Waals surface area contributed by atoms with Crippen molar-refractivity contribution in [2.75, 3.05) is 26.2 Å². The van der Waals surface area contributed by atoms with Crippen LogP contribution in [0.4, 0.5) is 4.79 Å². The normalized spacial score (nSPS) is 12.2. The molecule has 11 nitrogen and oxygen atoms in total. The van der Waals surface area contributed by atoms with Gasteiger partial charge in [-0.1, -0.05) is 48.5 Å².